The molecule has 0 fully saturated rings. The molecule has 0 heterocycles. The van der Waals surface area contributed by atoms with E-state index in [1.165, 1.54) is 6.07 Å². The molecule has 3 N–H and O–H groups in total. The van der Waals surface area contributed by atoms with Gasteiger partial charge in [0.1, 0.15) is 5.75 Å². The van der Waals surface area contributed by atoms with E-state index in [0.29, 0.717) is 31.0 Å². The Morgan fingerprint density at radius 2 is 2.05 bits per heavy atom. The number of nitrogens with zero attached hydrogens (tertiary/aromatic N) is 1. The second kappa shape index (κ2) is 7.58. The van der Waals surface area contributed by atoms with Gasteiger partial charge in [0.05, 0.1) is 11.5 Å². The minimum atomic E-state index is -3.51. The predicted molar refractivity (Wildman–Crippen MR) is 79.2 cm³/mol. The highest BCUT2D eigenvalue weighted by atomic mass is 32.2. The van der Waals surface area contributed by atoms with E-state index >= 15 is 0 Å². The van der Waals surface area contributed by atoms with Gasteiger partial charge in [0.25, 0.3) is 0 Å². The minimum Gasteiger partial charge on any atom is -0.494 e. The van der Waals surface area contributed by atoms with Crippen molar-refractivity contribution in [2.45, 2.75) is 18.4 Å². The third-order valence-corrected chi connectivity index (χ3v) is 4.17. The highest BCUT2D eigenvalue weighted by molar-refractivity contribution is 7.89. The van der Waals surface area contributed by atoms with E-state index in [1.807, 2.05) is 25.9 Å². The number of benzene rings is 1. The van der Waals surface area contributed by atoms with Gasteiger partial charge in [-0.2, -0.15) is 0 Å². The first-order chi connectivity index (χ1) is 9.40. The molecule has 0 saturated heterocycles. The first-order valence-electron chi connectivity index (χ1n) is 6.51. The summed E-state index contributed by atoms with van der Waals surface area (Å²) in [6, 6.07) is 4.73. The average Bonchev–Trinajstić information content (AvgIpc) is 2.38. The summed E-state index contributed by atoms with van der Waals surface area (Å²) in [5, 5.41) is 0. The van der Waals surface area contributed by atoms with E-state index in [0.717, 1.165) is 0 Å². The molecule has 114 valence electrons. The van der Waals surface area contributed by atoms with Gasteiger partial charge in [-0.1, -0.05) is 0 Å². The third-order valence-electron chi connectivity index (χ3n) is 2.71. The molecule has 7 heteroatoms. The molecule has 0 atom stereocenters. The van der Waals surface area contributed by atoms with Crippen LogP contribution in [0, 0.1) is 0 Å². The lowest BCUT2D eigenvalue weighted by molar-refractivity contribution is 0.336. The van der Waals surface area contributed by atoms with Crippen LogP contribution in [0.3, 0.4) is 0 Å². The van der Waals surface area contributed by atoms with Gasteiger partial charge in [-0.15, -0.1) is 0 Å². The fourth-order valence-electron chi connectivity index (χ4n) is 1.67. The summed E-state index contributed by atoms with van der Waals surface area (Å²) < 4.78 is 32.2. The van der Waals surface area contributed by atoms with Crippen molar-refractivity contribution in [2.75, 3.05) is 33.8 Å². The largest absolute Gasteiger partial charge is 0.494 e. The molecule has 1 aromatic carbocycles. The molecule has 1 aromatic rings. The summed E-state index contributed by atoms with van der Waals surface area (Å²) in [5.41, 5.74) is 6.31. The molecular formula is C13H23N3O3S. The lowest BCUT2D eigenvalue weighted by Gasteiger charge is -2.13. The zero-order chi connectivity index (χ0) is 15.2. The molecule has 0 aliphatic rings. The number of nitrogens with two attached hydrogens (primary N) is 1. The van der Waals surface area contributed by atoms with Crippen LogP contribution in [-0.2, 0) is 16.6 Å². The molecule has 0 spiro atoms. The van der Waals surface area contributed by atoms with Gasteiger partial charge in [-0.25, -0.2) is 13.1 Å². The van der Waals surface area contributed by atoms with Crippen molar-refractivity contribution in [1.29, 1.82) is 0 Å². The fraction of sp³-hybridized carbons (Fsp3) is 0.538. The number of nitrogens with one attached hydrogen (secondary N) is 1. The number of likely N-dealkylation sites (N-methyl/N-ethyl adjacent to an activating group) is 1. The summed E-state index contributed by atoms with van der Waals surface area (Å²) >= 11 is 0. The van der Waals surface area contributed by atoms with Crippen LogP contribution in [0.5, 0.6) is 5.75 Å². The summed E-state index contributed by atoms with van der Waals surface area (Å²) in [6.45, 7) is 3.62. The Morgan fingerprint density at radius 1 is 1.35 bits per heavy atom. The van der Waals surface area contributed by atoms with Gasteiger partial charge in [0, 0.05) is 25.2 Å². The molecule has 0 amide bonds. The molecule has 0 aliphatic carbocycles. The van der Waals surface area contributed by atoms with Gasteiger partial charge in [0.2, 0.25) is 10.0 Å². The topological polar surface area (TPSA) is 84.7 Å². The minimum absolute atomic E-state index is 0.208. The monoisotopic (exact) mass is 301 g/mol. The van der Waals surface area contributed by atoms with E-state index in [4.69, 9.17) is 10.5 Å². The molecule has 20 heavy (non-hydrogen) atoms. The van der Waals surface area contributed by atoms with Crippen molar-refractivity contribution in [1.82, 2.24) is 9.62 Å². The van der Waals surface area contributed by atoms with Crippen molar-refractivity contribution in [3.63, 3.8) is 0 Å². The van der Waals surface area contributed by atoms with Gasteiger partial charge in [0.15, 0.2) is 0 Å². The van der Waals surface area contributed by atoms with Crippen LogP contribution < -0.4 is 15.2 Å². The lowest BCUT2D eigenvalue weighted by atomic mass is 10.2. The third kappa shape index (κ3) is 4.75. The van der Waals surface area contributed by atoms with Crippen molar-refractivity contribution in [3.05, 3.63) is 23.8 Å². The Morgan fingerprint density at radius 3 is 2.60 bits per heavy atom. The van der Waals surface area contributed by atoms with Crippen LogP contribution >= 0.6 is 0 Å². The van der Waals surface area contributed by atoms with Crippen molar-refractivity contribution in [3.8, 4) is 5.75 Å². The molecule has 6 nitrogen and oxygen atoms in total. The number of hydrogen-bond donors (Lipinski definition) is 2. The van der Waals surface area contributed by atoms with E-state index < -0.39 is 10.0 Å². The standard InChI is InChI=1S/C13H23N3O3S/c1-4-19-13-6-5-12(9-11(13)10-14)20(17,18)15-7-8-16(2)3/h5-6,9,15H,4,7-8,10,14H2,1-3H3. The van der Waals surface area contributed by atoms with Crippen molar-refractivity contribution >= 4 is 10.0 Å². The summed E-state index contributed by atoms with van der Waals surface area (Å²) in [6.07, 6.45) is 0. The van der Waals surface area contributed by atoms with Crippen molar-refractivity contribution in [2.24, 2.45) is 5.73 Å². The van der Waals surface area contributed by atoms with Gasteiger partial charge in [-0.3, -0.25) is 0 Å². The van der Waals surface area contributed by atoms with Crippen molar-refractivity contribution < 1.29 is 13.2 Å². The Bertz CT molecular complexity index is 530. The Hall–Kier alpha value is -1.15. The second-order valence-electron chi connectivity index (χ2n) is 4.61. The Labute approximate surface area is 121 Å². The van der Waals surface area contributed by atoms with E-state index in [9.17, 15) is 8.42 Å². The van der Waals surface area contributed by atoms with E-state index in [2.05, 4.69) is 4.72 Å². The first kappa shape index (κ1) is 16.9. The SMILES string of the molecule is CCOc1ccc(S(=O)(=O)NCCN(C)C)cc1CN. The number of hydrogen-bond acceptors (Lipinski definition) is 5. The van der Waals surface area contributed by atoms with Crippen LogP contribution in [0.25, 0.3) is 0 Å². The molecule has 0 radical (unpaired) electrons. The molecule has 0 unspecified atom stereocenters. The van der Waals surface area contributed by atoms with E-state index in [-0.39, 0.29) is 11.4 Å². The fourth-order valence-corrected chi connectivity index (χ4v) is 2.74. The maximum absolute atomic E-state index is 12.1. The van der Waals surface area contributed by atoms with Crippen LogP contribution in [-0.4, -0.2) is 47.1 Å². The predicted octanol–water partition coefficient (Wildman–Crippen LogP) is 0.384. The van der Waals surface area contributed by atoms with Crippen LogP contribution in [0.4, 0.5) is 0 Å². The molecule has 0 saturated carbocycles. The molecular weight excluding hydrogens is 278 g/mol. The maximum atomic E-state index is 12.1. The Kier molecular flexibility index (Phi) is 6.41. The summed E-state index contributed by atoms with van der Waals surface area (Å²) in [5.74, 6) is 0.627. The quantitative estimate of drug-likeness (QED) is 0.725. The van der Waals surface area contributed by atoms with Gasteiger partial charge >= 0.3 is 0 Å². The van der Waals surface area contributed by atoms with E-state index in [1.54, 1.807) is 12.1 Å². The highest BCUT2D eigenvalue weighted by Gasteiger charge is 2.15. The second-order valence-corrected chi connectivity index (χ2v) is 6.37. The smallest absolute Gasteiger partial charge is 0.240 e. The Balaban J connectivity index is 2.89. The van der Waals surface area contributed by atoms with Gasteiger partial charge in [-0.05, 0) is 39.2 Å². The average molecular weight is 301 g/mol. The highest BCUT2D eigenvalue weighted by Crippen LogP contribution is 2.22. The molecule has 0 aliphatic heterocycles. The first-order valence-corrected chi connectivity index (χ1v) is 7.99. The van der Waals surface area contributed by atoms with Gasteiger partial charge < -0.3 is 15.4 Å². The number of rotatable bonds is 8. The number of ether oxygens (including phenoxy) is 1. The van der Waals surface area contributed by atoms with Crippen LogP contribution in [0.1, 0.15) is 12.5 Å². The normalized spacial score (nSPS) is 11.8. The van der Waals surface area contributed by atoms with Crippen LogP contribution in [0.15, 0.2) is 23.1 Å². The zero-order valence-corrected chi connectivity index (χ0v) is 13.0. The lowest BCUT2D eigenvalue weighted by Crippen LogP contribution is -2.31. The molecule has 0 aromatic heterocycles. The zero-order valence-electron chi connectivity index (χ0n) is 12.2. The molecule has 1 rings (SSSR count). The molecule has 0 bridgehead atoms. The summed E-state index contributed by atoms with van der Waals surface area (Å²) in [4.78, 5) is 2.12. The van der Waals surface area contributed by atoms with Crippen LogP contribution in [0.2, 0.25) is 0 Å². The maximum Gasteiger partial charge on any atom is 0.240 e. The summed E-state index contributed by atoms with van der Waals surface area (Å²) in [7, 11) is 0.265. The number of sulfonamides is 1.